The molecule has 1 aromatic carbocycles. The average Bonchev–Trinajstić information content (AvgIpc) is 2.32. The van der Waals surface area contributed by atoms with Crippen LogP contribution in [0, 0.1) is 0 Å². The molecule has 0 saturated carbocycles. The Balaban J connectivity index is 2.80. The van der Waals surface area contributed by atoms with Gasteiger partial charge in [0.05, 0.1) is 6.04 Å². The van der Waals surface area contributed by atoms with Crippen molar-refractivity contribution in [3.05, 3.63) is 33.8 Å². The fourth-order valence-electron chi connectivity index (χ4n) is 1.68. The number of methoxy groups -OCH3 is 2. The molecule has 1 atom stereocenters. The first-order valence-electron chi connectivity index (χ1n) is 5.29. The fourth-order valence-corrected chi connectivity index (χ4v) is 2.17. The first-order chi connectivity index (χ1) is 8.12. The van der Waals surface area contributed by atoms with Gasteiger partial charge in [0.15, 0.2) is 6.29 Å². The van der Waals surface area contributed by atoms with Gasteiger partial charge in [0, 0.05) is 24.3 Å². The Hall–Kier alpha value is -0.320. The van der Waals surface area contributed by atoms with Crippen molar-refractivity contribution in [2.24, 2.45) is 0 Å². The Kier molecular flexibility index (Phi) is 6.23. The number of hydrogen-bond donors (Lipinski definition) is 1. The molecule has 0 aromatic heterocycles. The van der Waals surface area contributed by atoms with E-state index >= 15 is 0 Å². The normalized spacial score (nSPS) is 13.1. The zero-order valence-electron chi connectivity index (χ0n) is 10.2. The second-order valence-corrected chi connectivity index (χ2v) is 4.52. The van der Waals surface area contributed by atoms with Crippen LogP contribution in [0.3, 0.4) is 0 Å². The van der Waals surface area contributed by atoms with Gasteiger partial charge in [-0.05, 0) is 31.2 Å². The monoisotopic (exact) mass is 277 g/mol. The first-order valence-corrected chi connectivity index (χ1v) is 6.04. The molecule has 0 bridgehead atoms. The standard InChI is InChI=1S/C12H17Cl2NO2/c1-15-11(12(16-2)17-3)6-8-4-5-9(13)7-10(8)14/h4-5,7,11-12,15H,6H2,1-3H3. The zero-order chi connectivity index (χ0) is 12.8. The Morgan fingerprint density at radius 1 is 1.24 bits per heavy atom. The Morgan fingerprint density at radius 2 is 1.88 bits per heavy atom. The van der Waals surface area contributed by atoms with Crippen molar-refractivity contribution in [2.45, 2.75) is 18.8 Å². The molecule has 0 spiro atoms. The summed E-state index contributed by atoms with van der Waals surface area (Å²) in [6.45, 7) is 0. The van der Waals surface area contributed by atoms with Crippen LogP contribution in [-0.2, 0) is 15.9 Å². The highest BCUT2D eigenvalue weighted by molar-refractivity contribution is 6.35. The summed E-state index contributed by atoms with van der Waals surface area (Å²) in [4.78, 5) is 0. The number of benzene rings is 1. The Morgan fingerprint density at radius 3 is 2.35 bits per heavy atom. The van der Waals surface area contributed by atoms with E-state index in [0.29, 0.717) is 16.5 Å². The molecule has 0 fully saturated rings. The van der Waals surface area contributed by atoms with Gasteiger partial charge in [0.25, 0.3) is 0 Å². The van der Waals surface area contributed by atoms with Crippen LogP contribution in [0.15, 0.2) is 18.2 Å². The second-order valence-electron chi connectivity index (χ2n) is 3.67. The van der Waals surface area contributed by atoms with Crippen LogP contribution in [0.25, 0.3) is 0 Å². The molecule has 5 heteroatoms. The molecule has 0 aliphatic heterocycles. The van der Waals surface area contributed by atoms with E-state index in [1.807, 2.05) is 19.2 Å². The number of nitrogens with one attached hydrogen (secondary N) is 1. The molecule has 0 heterocycles. The molecule has 17 heavy (non-hydrogen) atoms. The molecular weight excluding hydrogens is 261 g/mol. The van der Waals surface area contributed by atoms with Crippen molar-refractivity contribution in [2.75, 3.05) is 21.3 Å². The summed E-state index contributed by atoms with van der Waals surface area (Å²) >= 11 is 12.0. The molecular formula is C12H17Cl2NO2. The smallest absolute Gasteiger partial charge is 0.172 e. The van der Waals surface area contributed by atoms with Gasteiger partial charge >= 0.3 is 0 Å². The molecule has 0 aliphatic carbocycles. The molecule has 0 aliphatic rings. The van der Waals surface area contributed by atoms with E-state index in [2.05, 4.69) is 5.32 Å². The predicted molar refractivity (Wildman–Crippen MR) is 70.8 cm³/mol. The number of likely N-dealkylation sites (N-methyl/N-ethyl adjacent to an activating group) is 1. The number of ether oxygens (including phenoxy) is 2. The summed E-state index contributed by atoms with van der Waals surface area (Å²) in [5, 5.41) is 4.44. The highest BCUT2D eigenvalue weighted by atomic mass is 35.5. The Labute approximate surface area is 112 Å². The van der Waals surface area contributed by atoms with Crippen LogP contribution in [0.2, 0.25) is 10.0 Å². The van der Waals surface area contributed by atoms with Crippen LogP contribution >= 0.6 is 23.2 Å². The first kappa shape index (κ1) is 14.7. The molecule has 96 valence electrons. The fraction of sp³-hybridized carbons (Fsp3) is 0.500. The minimum absolute atomic E-state index is 0.0312. The van der Waals surface area contributed by atoms with E-state index in [-0.39, 0.29) is 12.3 Å². The highest BCUT2D eigenvalue weighted by Gasteiger charge is 2.20. The lowest BCUT2D eigenvalue weighted by atomic mass is 10.1. The number of halogens is 2. The van der Waals surface area contributed by atoms with Crippen LogP contribution in [0.1, 0.15) is 5.56 Å². The van der Waals surface area contributed by atoms with E-state index in [1.54, 1.807) is 20.3 Å². The average molecular weight is 278 g/mol. The van der Waals surface area contributed by atoms with Gasteiger partial charge in [-0.2, -0.15) is 0 Å². The maximum Gasteiger partial charge on any atom is 0.172 e. The molecule has 1 N–H and O–H groups in total. The summed E-state index contributed by atoms with van der Waals surface area (Å²) in [6, 6.07) is 5.50. The summed E-state index contributed by atoms with van der Waals surface area (Å²) in [6.07, 6.45) is 0.394. The summed E-state index contributed by atoms with van der Waals surface area (Å²) in [7, 11) is 5.09. The van der Waals surface area contributed by atoms with Crippen LogP contribution < -0.4 is 5.32 Å². The SMILES string of the molecule is CNC(Cc1ccc(Cl)cc1Cl)C(OC)OC. The molecule has 1 unspecified atom stereocenters. The lowest BCUT2D eigenvalue weighted by Crippen LogP contribution is -2.41. The second kappa shape index (κ2) is 7.19. The molecule has 3 nitrogen and oxygen atoms in total. The molecule has 1 aromatic rings. The largest absolute Gasteiger partial charge is 0.354 e. The molecule has 0 amide bonds. The molecule has 0 saturated heterocycles. The van der Waals surface area contributed by atoms with Gasteiger partial charge in [-0.25, -0.2) is 0 Å². The Bertz CT molecular complexity index is 356. The van der Waals surface area contributed by atoms with Crippen molar-refractivity contribution < 1.29 is 9.47 Å². The molecule has 1 rings (SSSR count). The predicted octanol–water partition coefficient (Wildman–Crippen LogP) is 2.74. The van der Waals surface area contributed by atoms with Crippen molar-refractivity contribution in [1.29, 1.82) is 0 Å². The number of rotatable bonds is 6. The van der Waals surface area contributed by atoms with Crippen molar-refractivity contribution in [3.8, 4) is 0 Å². The summed E-state index contributed by atoms with van der Waals surface area (Å²) < 4.78 is 10.5. The highest BCUT2D eigenvalue weighted by Crippen LogP contribution is 2.22. The quantitative estimate of drug-likeness (QED) is 0.812. The lowest BCUT2D eigenvalue weighted by Gasteiger charge is -2.24. The van der Waals surface area contributed by atoms with Gasteiger partial charge in [-0.3, -0.25) is 0 Å². The minimum Gasteiger partial charge on any atom is -0.354 e. The topological polar surface area (TPSA) is 30.5 Å². The lowest BCUT2D eigenvalue weighted by molar-refractivity contribution is -0.121. The van der Waals surface area contributed by atoms with Crippen LogP contribution in [0.4, 0.5) is 0 Å². The van der Waals surface area contributed by atoms with Crippen LogP contribution in [0.5, 0.6) is 0 Å². The van der Waals surface area contributed by atoms with E-state index in [1.165, 1.54) is 0 Å². The number of hydrogen-bond acceptors (Lipinski definition) is 3. The van der Waals surface area contributed by atoms with Gasteiger partial charge in [-0.15, -0.1) is 0 Å². The maximum atomic E-state index is 6.13. The van der Waals surface area contributed by atoms with E-state index < -0.39 is 0 Å². The summed E-state index contributed by atoms with van der Waals surface area (Å²) in [5.41, 5.74) is 1.01. The van der Waals surface area contributed by atoms with Crippen molar-refractivity contribution in [3.63, 3.8) is 0 Å². The van der Waals surface area contributed by atoms with Crippen molar-refractivity contribution in [1.82, 2.24) is 5.32 Å². The maximum absolute atomic E-state index is 6.13. The van der Waals surface area contributed by atoms with E-state index in [0.717, 1.165) is 5.56 Å². The van der Waals surface area contributed by atoms with Crippen LogP contribution in [-0.4, -0.2) is 33.6 Å². The van der Waals surface area contributed by atoms with Gasteiger partial charge in [0.2, 0.25) is 0 Å². The van der Waals surface area contributed by atoms with Gasteiger partial charge in [0.1, 0.15) is 0 Å². The van der Waals surface area contributed by atoms with Gasteiger partial charge < -0.3 is 14.8 Å². The third-order valence-electron chi connectivity index (χ3n) is 2.62. The van der Waals surface area contributed by atoms with Gasteiger partial charge in [-0.1, -0.05) is 29.3 Å². The minimum atomic E-state index is -0.313. The third-order valence-corrected chi connectivity index (χ3v) is 3.21. The van der Waals surface area contributed by atoms with E-state index in [4.69, 9.17) is 32.7 Å². The van der Waals surface area contributed by atoms with E-state index in [9.17, 15) is 0 Å². The molecule has 0 radical (unpaired) electrons. The third kappa shape index (κ3) is 4.12. The van der Waals surface area contributed by atoms with Crippen molar-refractivity contribution >= 4 is 23.2 Å². The zero-order valence-corrected chi connectivity index (χ0v) is 11.7. The summed E-state index contributed by atoms with van der Waals surface area (Å²) in [5.74, 6) is 0.